The highest BCUT2D eigenvalue weighted by Gasteiger charge is 2.19. The second-order valence-electron chi connectivity index (χ2n) is 6.12. The summed E-state index contributed by atoms with van der Waals surface area (Å²) >= 11 is 1.55. The van der Waals surface area contributed by atoms with E-state index in [0.717, 1.165) is 20.9 Å². The predicted octanol–water partition coefficient (Wildman–Crippen LogP) is 3.11. The fraction of sp³-hybridized carbons (Fsp3) is 0.158. The first-order valence-corrected chi connectivity index (χ1v) is 8.93. The molecule has 4 rings (SSSR count). The number of aromatic nitrogens is 3. The molecule has 0 saturated heterocycles. The Balaban J connectivity index is 1.64. The Morgan fingerprint density at radius 2 is 2.00 bits per heavy atom. The van der Waals surface area contributed by atoms with Crippen molar-refractivity contribution >= 4 is 38.5 Å². The third-order valence-electron chi connectivity index (χ3n) is 4.16. The lowest BCUT2D eigenvalue weighted by Gasteiger charge is -2.15. The minimum Gasteiger partial charge on any atom is -0.345 e. The average molecular weight is 364 g/mol. The van der Waals surface area contributed by atoms with E-state index in [1.165, 1.54) is 11.1 Å². The first-order chi connectivity index (χ1) is 12.5. The van der Waals surface area contributed by atoms with E-state index in [0.29, 0.717) is 17.6 Å². The normalized spacial score (nSPS) is 11.2. The summed E-state index contributed by atoms with van der Waals surface area (Å²) in [5, 5.41) is 1.24. The molecule has 3 heterocycles. The number of carbonyl (C=O) groups is 1. The van der Waals surface area contributed by atoms with E-state index in [1.807, 2.05) is 31.2 Å². The molecule has 1 N–H and O–H groups in total. The molecule has 0 atom stereocenters. The van der Waals surface area contributed by atoms with E-state index in [9.17, 15) is 9.59 Å². The summed E-state index contributed by atoms with van der Waals surface area (Å²) < 4.78 is 1.08. The van der Waals surface area contributed by atoms with E-state index >= 15 is 0 Å². The summed E-state index contributed by atoms with van der Waals surface area (Å²) in [4.78, 5) is 38.7. The third kappa shape index (κ3) is 2.86. The molecule has 0 unspecified atom stereocenters. The lowest BCUT2D eigenvalue weighted by molar-refractivity contribution is 0.0783. The smallest absolute Gasteiger partial charge is 0.259 e. The molecule has 1 amide bonds. The van der Waals surface area contributed by atoms with Gasteiger partial charge in [-0.3, -0.25) is 9.59 Å². The van der Waals surface area contributed by atoms with Crippen LogP contribution in [0, 0.1) is 6.92 Å². The minimum atomic E-state index is -0.340. The summed E-state index contributed by atoms with van der Waals surface area (Å²) in [6, 6.07) is 11.3. The molecule has 0 aliphatic rings. The fourth-order valence-corrected chi connectivity index (χ4v) is 3.85. The number of pyridine rings is 2. The molecule has 0 fully saturated rings. The van der Waals surface area contributed by atoms with Gasteiger partial charge in [0.15, 0.2) is 0 Å². The molecule has 0 aliphatic carbocycles. The number of amides is 1. The molecule has 0 bridgehead atoms. The summed E-state index contributed by atoms with van der Waals surface area (Å²) in [6.45, 7) is 2.20. The molecule has 1 aromatic carbocycles. The van der Waals surface area contributed by atoms with Gasteiger partial charge in [0.05, 0.1) is 22.1 Å². The number of rotatable bonds is 3. The van der Waals surface area contributed by atoms with Gasteiger partial charge < -0.3 is 9.88 Å². The van der Waals surface area contributed by atoms with Crippen molar-refractivity contribution in [2.24, 2.45) is 0 Å². The summed E-state index contributed by atoms with van der Waals surface area (Å²) in [5.74, 6) is -0.340. The van der Waals surface area contributed by atoms with Crippen LogP contribution in [-0.2, 0) is 6.54 Å². The van der Waals surface area contributed by atoms with E-state index in [2.05, 4.69) is 15.0 Å². The highest BCUT2D eigenvalue weighted by molar-refractivity contribution is 7.18. The number of aromatic amines is 1. The molecule has 3 aromatic heterocycles. The van der Waals surface area contributed by atoms with Gasteiger partial charge in [-0.1, -0.05) is 12.1 Å². The highest BCUT2D eigenvalue weighted by atomic mass is 32.1. The van der Waals surface area contributed by atoms with E-state index in [4.69, 9.17) is 0 Å². The number of aryl methyl sites for hydroxylation is 1. The Bertz CT molecular complexity index is 1160. The Morgan fingerprint density at radius 3 is 2.81 bits per heavy atom. The highest BCUT2D eigenvalue weighted by Crippen LogP contribution is 2.22. The topological polar surface area (TPSA) is 79.0 Å². The van der Waals surface area contributed by atoms with Gasteiger partial charge in [0.2, 0.25) is 5.43 Å². The number of hydrogen-bond donors (Lipinski definition) is 1. The molecule has 7 heteroatoms. The second-order valence-corrected chi connectivity index (χ2v) is 7.23. The summed E-state index contributed by atoms with van der Waals surface area (Å²) in [7, 11) is 1.67. The lowest BCUT2D eigenvalue weighted by Crippen LogP contribution is -2.30. The van der Waals surface area contributed by atoms with Crippen molar-refractivity contribution in [1.29, 1.82) is 0 Å². The Kier molecular flexibility index (Phi) is 4.00. The number of hydrogen-bond acceptors (Lipinski definition) is 5. The first kappa shape index (κ1) is 16.4. The number of nitrogens with zero attached hydrogens (tertiary/aromatic N) is 3. The van der Waals surface area contributed by atoms with Gasteiger partial charge >= 0.3 is 0 Å². The van der Waals surface area contributed by atoms with Crippen molar-refractivity contribution in [3.63, 3.8) is 0 Å². The van der Waals surface area contributed by atoms with E-state index in [-0.39, 0.29) is 16.9 Å². The van der Waals surface area contributed by atoms with Crippen LogP contribution in [0.15, 0.2) is 47.4 Å². The Morgan fingerprint density at radius 1 is 1.19 bits per heavy atom. The van der Waals surface area contributed by atoms with Crippen LogP contribution < -0.4 is 5.43 Å². The van der Waals surface area contributed by atoms with Crippen molar-refractivity contribution in [1.82, 2.24) is 19.9 Å². The molecule has 130 valence electrons. The molecule has 0 radical (unpaired) electrons. The lowest BCUT2D eigenvalue weighted by atomic mass is 10.1. The number of fused-ring (bicyclic) bond motifs is 2. The molecular weight excluding hydrogens is 348 g/mol. The van der Waals surface area contributed by atoms with Crippen LogP contribution in [0.5, 0.6) is 0 Å². The zero-order valence-electron chi connectivity index (χ0n) is 14.3. The monoisotopic (exact) mass is 364 g/mol. The van der Waals surface area contributed by atoms with Crippen LogP contribution in [0.25, 0.3) is 21.3 Å². The van der Waals surface area contributed by atoms with Crippen LogP contribution in [0.3, 0.4) is 0 Å². The van der Waals surface area contributed by atoms with Crippen molar-refractivity contribution in [2.45, 2.75) is 13.5 Å². The average Bonchev–Trinajstić information content (AvgIpc) is 3.03. The van der Waals surface area contributed by atoms with Crippen molar-refractivity contribution in [2.75, 3.05) is 7.05 Å². The van der Waals surface area contributed by atoms with Crippen LogP contribution in [-0.4, -0.2) is 32.8 Å². The summed E-state index contributed by atoms with van der Waals surface area (Å²) in [6.07, 6.45) is 1.44. The number of nitrogens with one attached hydrogen (secondary N) is 1. The number of benzene rings is 1. The van der Waals surface area contributed by atoms with Gasteiger partial charge in [0, 0.05) is 18.9 Å². The molecule has 0 saturated carbocycles. The zero-order chi connectivity index (χ0) is 18.3. The number of H-pyrrole nitrogens is 1. The maximum absolute atomic E-state index is 12.8. The Hall–Kier alpha value is -3.06. The molecule has 4 aromatic rings. The maximum Gasteiger partial charge on any atom is 0.259 e. The maximum atomic E-state index is 12.8. The van der Waals surface area contributed by atoms with Gasteiger partial charge in [-0.2, -0.15) is 0 Å². The fourth-order valence-electron chi connectivity index (χ4n) is 2.83. The predicted molar refractivity (Wildman–Crippen MR) is 103 cm³/mol. The van der Waals surface area contributed by atoms with Gasteiger partial charge in [0.25, 0.3) is 5.91 Å². The van der Waals surface area contributed by atoms with Gasteiger partial charge in [-0.05, 0) is 31.2 Å². The number of thiazole rings is 1. The molecule has 26 heavy (non-hydrogen) atoms. The van der Waals surface area contributed by atoms with Gasteiger partial charge in [-0.25, -0.2) is 9.97 Å². The number of carbonyl (C=O) groups excluding carboxylic acids is 1. The van der Waals surface area contributed by atoms with Crippen LogP contribution in [0.4, 0.5) is 0 Å². The molecular formula is C19H16N4O2S. The van der Waals surface area contributed by atoms with Crippen LogP contribution in [0.1, 0.15) is 21.1 Å². The van der Waals surface area contributed by atoms with Gasteiger partial charge in [0.1, 0.15) is 16.2 Å². The van der Waals surface area contributed by atoms with E-state index < -0.39 is 0 Å². The molecule has 6 nitrogen and oxygen atoms in total. The van der Waals surface area contributed by atoms with Crippen molar-refractivity contribution in [3.8, 4) is 0 Å². The molecule has 0 aliphatic heterocycles. The SMILES string of the molecule is Cc1ccc2c(=O)c(C(=O)N(C)Cc3nc4ccccc4s3)c[nH]c2n1. The van der Waals surface area contributed by atoms with Gasteiger partial charge in [-0.15, -0.1) is 11.3 Å². The zero-order valence-corrected chi connectivity index (χ0v) is 15.1. The first-order valence-electron chi connectivity index (χ1n) is 8.12. The minimum absolute atomic E-state index is 0.103. The quantitative estimate of drug-likeness (QED) is 0.606. The largest absolute Gasteiger partial charge is 0.345 e. The standard InChI is InChI=1S/C19H16N4O2S/c1-11-7-8-12-17(24)13(9-20-18(12)21-11)19(25)23(2)10-16-22-14-5-3-4-6-15(14)26-16/h3-9H,10H2,1-2H3,(H,20,21,24). The molecule has 0 spiro atoms. The van der Waals surface area contributed by atoms with Crippen LogP contribution >= 0.6 is 11.3 Å². The second kappa shape index (κ2) is 6.34. The number of para-hydroxylation sites is 1. The third-order valence-corrected chi connectivity index (χ3v) is 5.19. The van der Waals surface area contributed by atoms with Crippen molar-refractivity contribution in [3.05, 3.63) is 69.1 Å². The summed E-state index contributed by atoms with van der Waals surface area (Å²) in [5.41, 5.74) is 2.00. The Labute approximate surface area is 153 Å². The van der Waals surface area contributed by atoms with E-state index in [1.54, 1.807) is 30.5 Å². The van der Waals surface area contributed by atoms with Crippen LogP contribution in [0.2, 0.25) is 0 Å². The van der Waals surface area contributed by atoms with Crippen molar-refractivity contribution < 1.29 is 4.79 Å².